The summed E-state index contributed by atoms with van der Waals surface area (Å²) in [5.41, 5.74) is 0. The maximum Gasteiger partial charge on any atom is 0.330 e. The normalized spacial score (nSPS) is 13.5. The fourth-order valence-corrected chi connectivity index (χ4v) is 0.571. The molecule has 0 aromatic heterocycles. The second-order valence-electron chi connectivity index (χ2n) is 1.96. The summed E-state index contributed by atoms with van der Waals surface area (Å²) in [7, 11) is 0. The number of ether oxygens (including phenoxy) is 1. The zero-order valence-corrected chi connectivity index (χ0v) is 9.20. The standard InChI is InChI=1S/C5H5Cl3O4S/c6-5(7,8)1-12-4(11)2(13)3(9)10/h2,13H,1H2,(H,9,10). The molecule has 1 unspecified atom stereocenters. The largest absolute Gasteiger partial charge is 0.480 e. The molecule has 1 atom stereocenters. The second-order valence-corrected chi connectivity index (χ2v) is 5.00. The topological polar surface area (TPSA) is 63.6 Å². The van der Waals surface area contributed by atoms with Gasteiger partial charge in [-0.1, -0.05) is 34.8 Å². The Morgan fingerprint density at radius 2 is 1.92 bits per heavy atom. The Hall–Kier alpha value is 0.160. The highest BCUT2D eigenvalue weighted by molar-refractivity contribution is 7.82. The highest BCUT2D eigenvalue weighted by Gasteiger charge is 2.27. The minimum Gasteiger partial charge on any atom is -0.480 e. The van der Waals surface area contributed by atoms with Crippen molar-refractivity contribution in [2.45, 2.75) is 9.04 Å². The van der Waals surface area contributed by atoms with E-state index >= 15 is 0 Å². The Labute approximate surface area is 94.5 Å². The molecule has 8 heteroatoms. The van der Waals surface area contributed by atoms with Gasteiger partial charge in [-0.05, 0) is 0 Å². The van der Waals surface area contributed by atoms with Crippen LogP contribution in [0.1, 0.15) is 0 Å². The predicted octanol–water partition coefficient (Wildman–Crippen LogP) is 1.28. The number of aliphatic carboxylic acids is 1. The van der Waals surface area contributed by atoms with Crippen LogP contribution in [-0.4, -0.2) is 32.7 Å². The van der Waals surface area contributed by atoms with Gasteiger partial charge in [-0.2, -0.15) is 12.6 Å². The van der Waals surface area contributed by atoms with E-state index in [0.717, 1.165) is 0 Å². The lowest BCUT2D eigenvalue weighted by Gasteiger charge is -2.12. The van der Waals surface area contributed by atoms with E-state index in [9.17, 15) is 9.59 Å². The van der Waals surface area contributed by atoms with Crippen molar-refractivity contribution in [1.82, 2.24) is 0 Å². The number of hydrogen-bond donors (Lipinski definition) is 2. The molecule has 0 aromatic carbocycles. The van der Waals surface area contributed by atoms with Gasteiger partial charge < -0.3 is 9.84 Å². The maximum atomic E-state index is 10.8. The number of halogens is 3. The Bertz CT molecular complexity index is 214. The van der Waals surface area contributed by atoms with Gasteiger partial charge in [0.15, 0.2) is 5.25 Å². The summed E-state index contributed by atoms with van der Waals surface area (Å²) in [6.07, 6.45) is 0. The molecule has 0 saturated heterocycles. The van der Waals surface area contributed by atoms with E-state index in [1.54, 1.807) is 0 Å². The van der Waals surface area contributed by atoms with E-state index in [1.807, 2.05) is 0 Å². The number of carboxylic acid groups (broad SMARTS) is 1. The van der Waals surface area contributed by atoms with E-state index in [0.29, 0.717) is 0 Å². The third-order valence-electron chi connectivity index (χ3n) is 0.835. The highest BCUT2D eigenvalue weighted by atomic mass is 35.6. The number of carbonyl (C=O) groups excluding carboxylic acids is 1. The Balaban J connectivity index is 3.96. The molecule has 4 nitrogen and oxygen atoms in total. The first kappa shape index (κ1) is 13.2. The molecule has 0 saturated carbocycles. The number of carboxylic acids is 1. The lowest BCUT2D eigenvalue weighted by molar-refractivity contribution is -0.150. The van der Waals surface area contributed by atoms with Gasteiger partial charge in [-0.25, -0.2) is 0 Å². The number of hydrogen-bond acceptors (Lipinski definition) is 4. The van der Waals surface area contributed by atoms with Crippen LogP contribution in [0.4, 0.5) is 0 Å². The molecule has 0 rings (SSSR count). The molecule has 0 bridgehead atoms. The van der Waals surface area contributed by atoms with E-state index in [1.165, 1.54) is 0 Å². The molecule has 13 heavy (non-hydrogen) atoms. The third kappa shape index (κ3) is 6.26. The molecule has 1 N–H and O–H groups in total. The summed E-state index contributed by atoms with van der Waals surface area (Å²) in [5, 5.41) is 6.74. The highest BCUT2D eigenvalue weighted by Crippen LogP contribution is 2.26. The lowest BCUT2D eigenvalue weighted by atomic mass is 10.4. The van der Waals surface area contributed by atoms with Gasteiger partial charge in [0.05, 0.1) is 0 Å². The molecule has 0 amide bonds. The average Bonchev–Trinajstić information content (AvgIpc) is 1.97. The van der Waals surface area contributed by atoms with Crippen LogP contribution in [0.5, 0.6) is 0 Å². The van der Waals surface area contributed by atoms with Crippen LogP contribution in [0.25, 0.3) is 0 Å². The Kier molecular flexibility index (Phi) is 5.21. The molecule has 0 aliphatic carbocycles. The van der Waals surface area contributed by atoms with Crippen molar-refractivity contribution in [3.8, 4) is 0 Å². The van der Waals surface area contributed by atoms with Gasteiger partial charge in [-0.3, -0.25) is 9.59 Å². The molecule has 0 aromatic rings. The third-order valence-corrected chi connectivity index (χ3v) is 1.59. The van der Waals surface area contributed by atoms with E-state index in [4.69, 9.17) is 39.9 Å². The van der Waals surface area contributed by atoms with Gasteiger partial charge in [0.1, 0.15) is 6.61 Å². The van der Waals surface area contributed by atoms with Gasteiger partial charge in [0.25, 0.3) is 0 Å². The molecule has 0 radical (unpaired) electrons. The van der Waals surface area contributed by atoms with Crippen molar-refractivity contribution >= 4 is 59.4 Å². The van der Waals surface area contributed by atoms with Gasteiger partial charge in [0.2, 0.25) is 3.79 Å². The van der Waals surface area contributed by atoms with Crippen LogP contribution >= 0.6 is 47.4 Å². The minimum atomic E-state index is -1.75. The van der Waals surface area contributed by atoms with Crippen molar-refractivity contribution < 1.29 is 19.4 Å². The molecule has 0 aliphatic rings. The molecule has 0 fully saturated rings. The zero-order valence-electron chi connectivity index (χ0n) is 6.04. The average molecular weight is 268 g/mol. The van der Waals surface area contributed by atoms with E-state index < -0.39 is 27.6 Å². The number of rotatable bonds is 3. The maximum absolute atomic E-state index is 10.8. The molecule has 0 heterocycles. The Morgan fingerprint density at radius 1 is 1.46 bits per heavy atom. The number of carbonyl (C=O) groups is 2. The van der Waals surface area contributed by atoms with Crippen LogP contribution in [0.3, 0.4) is 0 Å². The van der Waals surface area contributed by atoms with Crippen LogP contribution in [-0.2, 0) is 14.3 Å². The SMILES string of the molecule is O=C(O)C(S)C(=O)OCC(Cl)(Cl)Cl. The predicted molar refractivity (Wildman–Crippen MR) is 51.7 cm³/mol. The van der Waals surface area contributed by atoms with Gasteiger partial charge in [-0.15, -0.1) is 0 Å². The molecule has 0 aliphatic heterocycles. The zero-order chi connectivity index (χ0) is 10.6. The lowest BCUT2D eigenvalue weighted by Crippen LogP contribution is -2.29. The number of esters is 1. The smallest absolute Gasteiger partial charge is 0.330 e. The monoisotopic (exact) mass is 266 g/mol. The molecular formula is C5H5Cl3O4S. The summed E-state index contributed by atoms with van der Waals surface area (Å²) in [5.74, 6) is -2.49. The van der Waals surface area contributed by atoms with E-state index in [2.05, 4.69) is 17.4 Å². The molecule has 76 valence electrons. The van der Waals surface area contributed by atoms with Crippen molar-refractivity contribution in [1.29, 1.82) is 0 Å². The first-order valence-corrected chi connectivity index (χ1v) is 4.53. The van der Waals surface area contributed by atoms with Crippen LogP contribution in [0.15, 0.2) is 0 Å². The van der Waals surface area contributed by atoms with Crippen LogP contribution in [0, 0.1) is 0 Å². The fraction of sp³-hybridized carbons (Fsp3) is 0.600. The Morgan fingerprint density at radius 3 is 2.23 bits per heavy atom. The summed E-state index contributed by atoms with van der Waals surface area (Å²) in [6, 6.07) is 0. The van der Waals surface area contributed by atoms with Crippen LogP contribution < -0.4 is 0 Å². The number of alkyl halides is 3. The number of thiol groups is 1. The fourth-order valence-electron chi connectivity index (χ4n) is 0.333. The summed E-state index contributed by atoms with van der Waals surface area (Å²) < 4.78 is 2.59. The van der Waals surface area contributed by atoms with Gasteiger partial charge >= 0.3 is 11.9 Å². The summed E-state index contributed by atoms with van der Waals surface area (Å²) >= 11 is 19.2. The van der Waals surface area contributed by atoms with Crippen molar-refractivity contribution in [3.63, 3.8) is 0 Å². The molecule has 0 spiro atoms. The van der Waals surface area contributed by atoms with Crippen LogP contribution in [0.2, 0.25) is 0 Å². The first-order chi connectivity index (χ1) is 5.74. The van der Waals surface area contributed by atoms with Crippen molar-refractivity contribution in [2.75, 3.05) is 6.61 Å². The van der Waals surface area contributed by atoms with Crippen molar-refractivity contribution in [3.05, 3.63) is 0 Å². The minimum absolute atomic E-state index is 0.513. The first-order valence-electron chi connectivity index (χ1n) is 2.88. The van der Waals surface area contributed by atoms with Crippen molar-refractivity contribution in [2.24, 2.45) is 0 Å². The van der Waals surface area contributed by atoms with E-state index in [-0.39, 0.29) is 0 Å². The second kappa shape index (κ2) is 5.14. The van der Waals surface area contributed by atoms with Gasteiger partial charge in [0, 0.05) is 0 Å². The quantitative estimate of drug-likeness (QED) is 0.350. The summed E-state index contributed by atoms with van der Waals surface area (Å²) in [4.78, 5) is 21.0. The molecular weight excluding hydrogens is 262 g/mol. The summed E-state index contributed by atoms with van der Waals surface area (Å²) in [6.45, 7) is -0.513.